The van der Waals surface area contributed by atoms with Crippen molar-refractivity contribution in [3.63, 3.8) is 0 Å². The average Bonchev–Trinajstić information content (AvgIpc) is 2.42. The Labute approximate surface area is 126 Å². The topological polar surface area (TPSA) is 12.0 Å². The molecule has 1 aromatic carbocycles. The van der Waals surface area contributed by atoms with E-state index >= 15 is 0 Å². The van der Waals surface area contributed by atoms with Gasteiger partial charge in [-0.2, -0.15) is 0 Å². The van der Waals surface area contributed by atoms with E-state index in [1.54, 1.807) is 0 Å². The number of benzene rings is 1. The summed E-state index contributed by atoms with van der Waals surface area (Å²) in [6, 6.07) is 6.21. The summed E-state index contributed by atoms with van der Waals surface area (Å²) in [7, 11) is 2.03. The van der Waals surface area contributed by atoms with Crippen molar-refractivity contribution < 1.29 is 0 Å². The second kappa shape index (κ2) is 6.97. The predicted molar refractivity (Wildman–Crippen MR) is 84.0 cm³/mol. The van der Waals surface area contributed by atoms with Gasteiger partial charge in [0.25, 0.3) is 0 Å². The minimum absolute atomic E-state index is 0.346. The molecule has 1 aliphatic carbocycles. The molecule has 0 bridgehead atoms. The minimum Gasteiger partial charge on any atom is -0.313 e. The first kappa shape index (κ1) is 15.2. The van der Waals surface area contributed by atoms with Gasteiger partial charge in [0.1, 0.15) is 0 Å². The molecular weight excluding hydrogens is 277 g/mol. The van der Waals surface area contributed by atoms with E-state index in [1.165, 1.54) is 37.7 Å². The quantitative estimate of drug-likeness (QED) is 0.777. The number of rotatable bonds is 4. The lowest BCUT2D eigenvalue weighted by Crippen LogP contribution is -2.29. The van der Waals surface area contributed by atoms with Gasteiger partial charge in [0.15, 0.2) is 0 Å². The highest BCUT2D eigenvalue weighted by atomic mass is 35.5. The first-order chi connectivity index (χ1) is 9.15. The summed E-state index contributed by atoms with van der Waals surface area (Å²) in [6.07, 6.45) is 6.62. The van der Waals surface area contributed by atoms with Gasteiger partial charge in [-0.25, -0.2) is 0 Å². The lowest BCUT2D eigenvalue weighted by molar-refractivity contribution is 0.215. The number of halogens is 2. The molecule has 0 amide bonds. The van der Waals surface area contributed by atoms with Gasteiger partial charge in [0.2, 0.25) is 0 Å². The SMILES string of the molecule is CCC1CCCC(C(NC)c2ccc(Cl)cc2Cl)C1. The molecule has 1 fully saturated rings. The van der Waals surface area contributed by atoms with Crippen molar-refractivity contribution >= 4 is 23.2 Å². The summed E-state index contributed by atoms with van der Waals surface area (Å²) in [5.74, 6) is 1.56. The zero-order valence-corrected chi connectivity index (χ0v) is 13.3. The highest BCUT2D eigenvalue weighted by Crippen LogP contribution is 2.40. The summed E-state index contributed by atoms with van der Waals surface area (Å²) < 4.78 is 0. The van der Waals surface area contributed by atoms with E-state index in [9.17, 15) is 0 Å². The van der Waals surface area contributed by atoms with Crippen molar-refractivity contribution in [1.82, 2.24) is 5.32 Å². The zero-order chi connectivity index (χ0) is 13.8. The normalized spacial score (nSPS) is 25.3. The molecule has 1 saturated carbocycles. The fraction of sp³-hybridized carbons (Fsp3) is 0.625. The maximum atomic E-state index is 6.37. The summed E-state index contributed by atoms with van der Waals surface area (Å²) in [6.45, 7) is 2.30. The monoisotopic (exact) mass is 299 g/mol. The minimum atomic E-state index is 0.346. The van der Waals surface area contributed by atoms with E-state index in [4.69, 9.17) is 23.2 Å². The Kier molecular flexibility index (Phi) is 5.56. The van der Waals surface area contributed by atoms with E-state index in [0.29, 0.717) is 17.0 Å². The van der Waals surface area contributed by atoms with E-state index in [-0.39, 0.29) is 0 Å². The lowest BCUT2D eigenvalue weighted by atomic mass is 9.75. The van der Waals surface area contributed by atoms with Crippen LogP contribution in [0.15, 0.2) is 18.2 Å². The summed E-state index contributed by atoms with van der Waals surface area (Å²) in [4.78, 5) is 0. The van der Waals surface area contributed by atoms with Crippen LogP contribution >= 0.6 is 23.2 Å². The van der Waals surface area contributed by atoms with Gasteiger partial charge in [-0.05, 0) is 49.4 Å². The average molecular weight is 300 g/mol. The van der Waals surface area contributed by atoms with Crippen LogP contribution in [0.1, 0.15) is 50.6 Å². The van der Waals surface area contributed by atoms with E-state index in [1.807, 2.05) is 19.2 Å². The molecule has 1 N–H and O–H groups in total. The smallest absolute Gasteiger partial charge is 0.0468 e. The first-order valence-corrected chi connectivity index (χ1v) is 8.03. The van der Waals surface area contributed by atoms with E-state index in [0.717, 1.165) is 10.9 Å². The third-order valence-corrected chi connectivity index (χ3v) is 5.04. The maximum Gasteiger partial charge on any atom is 0.0468 e. The van der Waals surface area contributed by atoms with Crippen LogP contribution in [0.5, 0.6) is 0 Å². The summed E-state index contributed by atoms with van der Waals surface area (Å²) in [5, 5.41) is 4.96. The van der Waals surface area contributed by atoms with Crippen molar-refractivity contribution in [2.45, 2.75) is 45.1 Å². The Morgan fingerprint density at radius 1 is 1.32 bits per heavy atom. The van der Waals surface area contributed by atoms with Crippen LogP contribution in [-0.4, -0.2) is 7.05 Å². The molecule has 0 aromatic heterocycles. The van der Waals surface area contributed by atoms with Crippen LogP contribution in [0, 0.1) is 11.8 Å². The lowest BCUT2D eigenvalue weighted by Gasteiger charge is -2.34. The standard InChI is InChI=1S/C16H23Cl2N/c1-3-11-5-4-6-12(9-11)16(19-2)14-8-7-13(17)10-15(14)18/h7-8,10-12,16,19H,3-6,9H2,1-2H3. The molecule has 106 valence electrons. The maximum absolute atomic E-state index is 6.37. The molecule has 19 heavy (non-hydrogen) atoms. The van der Waals surface area contributed by atoms with Crippen LogP contribution in [0.3, 0.4) is 0 Å². The largest absolute Gasteiger partial charge is 0.313 e. The van der Waals surface area contributed by atoms with Gasteiger partial charge in [0, 0.05) is 16.1 Å². The fourth-order valence-corrected chi connectivity index (χ4v) is 3.93. The second-order valence-electron chi connectivity index (χ2n) is 5.63. The van der Waals surface area contributed by atoms with Gasteiger partial charge in [-0.3, -0.25) is 0 Å². The Hall–Kier alpha value is -0.240. The van der Waals surface area contributed by atoms with Gasteiger partial charge in [-0.1, -0.05) is 55.5 Å². The Bertz CT molecular complexity index is 419. The molecule has 0 aliphatic heterocycles. The van der Waals surface area contributed by atoms with Crippen LogP contribution < -0.4 is 5.32 Å². The van der Waals surface area contributed by atoms with E-state index in [2.05, 4.69) is 18.3 Å². The molecule has 0 radical (unpaired) electrons. The predicted octanol–water partition coefficient (Wildman–Crippen LogP) is 5.47. The van der Waals surface area contributed by atoms with Crippen molar-refractivity contribution in [2.75, 3.05) is 7.05 Å². The van der Waals surface area contributed by atoms with Gasteiger partial charge in [0.05, 0.1) is 0 Å². The molecular formula is C16H23Cl2N. The van der Waals surface area contributed by atoms with Crippen LogP contribution in [0.2, 0.25) is 10.0 Å². The van der Waals surface area contributed by atoms with Crippen LogP contribution in [0.4, 0.5) is 0 Å². The molecule has 1 nitrogen and oxygen atoms in total. The third-order valence-electron chi connectivity index (χ3n) is 4.48. The zero-order valence-electron chi connectivity index (χ0n) is 11.8. The van der Waals surface area contributed by atoms with Crippen LogP contribution in [0.25, 0.3) is 0 Å². The molecule has 3 heteroatoms. The number of nitrogens with one attached hydrogen (secondary N) is 1. The molecule has 1 aliphatic rings. The Morgan fingerprint density at radius 2 is 2.11 bits per heavy atom. The highest BCUT2D eigenvalue weighted by Gasteiger charge is 2.28. The van der Waals surface area contributed by atoms with E-state index < -0.39 is 0 Å². The molecule has 2 rings (SSSR count). The Balaban J connectivity index is 2.19. The highest BCUT2D eigenvalue weighted by molar-refractivity contribution is 6.35. The number of hydrogen-bond donors (Lipinski definition) is 1. The third kappa shape index (κ3) is 3.65. The molecule has 0 spiro atoms. The number of hydrogen-bond acceptors (Lipinski definition) is 1. The second-order valence-corrected chi connectivity index (χ2v) is 6.48. The molecule has 3 atom stereocenters. The van der Waals surface area contributed by atoms with Crippen molar-refractivity contribution in [3.8, 4) is 0 Å². The van der Waals surface area contributed by atoms with Crippen molar-refractivity contribution in [2.24, 2.45) is 11.8 Å². The summed E-state index contributed by atoms with van der Waals surface area (Å²) >= 11 is 12.4. The first-order valence-electron chi connectivity index (χ1n) is 7.28. The molecule has 1 aromatic rings. The Morgan fingerprint density at radius 3 is 2.74 bits per heavy atom. The van der Waals surface area contributed by atoms with Gasteiger partial charge < -0.3 is 5.32 Å². The molecule has 0 saturated heterocycles. The molecule has 3 unspecified atom stereocenters. The summed E-state index contributed by atoms with van der Waals surface area (Å²) in [5.41, 5.74) is 1.19. The molecule has 0 heterocycles. The van der Waals surface area contributed by atoms with Crippen molar-refractivity contribution in [3.05, 3.63) is 33.8 Å². The van der Waals surface area contributed by atoms with Crippen molar-refractivity contribution in [1.29, 1.82) is 0 Å². The fourth-order valence-electron chi connectivity index (χ4n) is 3.40. The van der Waals surface area contributed by atoms with Gasteiger partial charge in [-0.15, -0.1) is 0 Å². The van der Waals surface area contributed by atoms with Crippen LogP contribution in [-0.2, 0) is 0 Å². The van der Waals surface area contributed by atoms with Gasteiger partial charge >= 0.3 is 0 Å².